The van der Waals surface area contributed by atoms with Crippen molar-refractivity contribution in [3.8, 4) is 0 Å². The molecule has 0 saturated carbocycles. The number of pyridine rings is 1. The van der Waals surface area contributed by atoms with Crippen LogP contribution >= 0.6 is 0 Å². The third-order valence-electron chi connectivity index (χ3n) is 3.35. The molecule has 6 nitrogen and oxygen atoms in total. The molecule has 1 saturated heterocycles. The fourth-order valence-electron chi connectivity index (χ4n) is 2.46. The number of likely N-dealkylation sites (tertiary alicyclic amines) is 1. The molecule has 0 aliphatic carbocycles. The van der Waals surface area contributed by atoms with E-state index in [-0.39, 0.29) is 11.7 Å². The summed E-state index contributed by atoms with van der Waals surface area (Å²) in [4.78, 5) is 17.0. The summed E-state index contributed by atoms with van der Waals surface area (Å²) in [5, 5.41) is 14.1. The first-order valence-electron chi connectivity index (χ1n) is 6.75. The Labute approximate surface area is 113 Å². The van der Waals surface area contributed by atoms with Crippen molar-refractivity contribution in [2.24, 2.45) is 0 Å². The summed E-state index contributed by atoms with van der Waals surface area (Å²) < 4.78 is 0. The molecule has 19 heavy (non-hydrogen) atoms. The Morgan fingerprint density at radius 3 is 2.89 bits per heavy atom. The van der Waals surface area contributed by atoms with E-state index >= 15 is 0 Å². The van der Waals surface area contributed by atoms with Crippen LogP contribution < -0.4 is 5.32 Å². The third kappa shape index (κ3) is 3.89. The molecule has 1 aromatic rings. The number of hydrogen-bond acceptors (Lipinski definition) is 5. The summed E-state index contributed by atoms with van der Waals surface area (Å²) in [6, 6.07) is 3.20. The van der Waals surface area contributed by atoms with Crippen LogP contribution in [0.4, 0.5) is 11.5 Å². The first kappa shape index (κ1) is 13.7. The minimum absolute atomic E-state index is 0.0352. The van der Waals surface area contributed by atoms with Crippen molar-refractivity contribution < 1.29 is 4.92 Å². The number of aromatic nitrogens is 1. The summed E-state index contributed by atoms with van der Waals surface area (Å²) in [6.07, 6.45) is 5.37. The fraction of sp³-hybridized carbons (Fsp3) is 0.615. The highest BCUT2D eigenvalue weighted by Crippen LogP contribution is 2.21. The second kappa shape index (κ2) is 6.47. The van der Waals surface area contributed by atoms with Gasteiger partial charge in [0, 0.05) is 24.8 Å². The molecular weight excluding hydrogens is 244 g/mol. The number of nitro groups is 1. The number of piperidine rings is 1. The second-order valence-electron chi connectivity index (χ2n) is 5.03. The molecule has 1 N–H and O–H groups in total. The Balaban J connectivity index is 1.94. The highest BCUT2D eigenvalue weighted by atomic mass is 16.6. The molecule has 0 radical (unpaired) electrons. The van der Waals surface area contributed by atoms with Crippen LogP contribution in [0.2, 0.25) is 0 Å². The fourth-order valence-corrected chi connectivity index (χ4v) is 2.46. The van der Waals surface area contributed by atoms with E-state index in [1.807, 2.05) is 6.92 Å². The number of nitrogens with one attached hydrogen (secondary N) is 1. The van der Waals surface area contributed by atoms with Gasteiger partial charge in [-0.2, -0.15) is 0 Å². The molecule has 1 aliphatic heterocycles. The van der Waals surface area contributed by atoms with Gasteiger partial charge in [0.15, 0.2) is 0 Å². The predicted molar refractivity (Wildman–Crippen MR) is 74.3 cm³/mol. The SMILES string of the molecule is CC(CN1CCCCC1)Nc1ncccc1[N+](=O)[O-]. The lowest BCUT2D eigenvalue weighted by Crippen LogP contribution is -2.38. The van der Waals surface area contributed by atoms with Crippen molar-refractivity contribution in [2.45, 2.75) is 32.2 Å². The van der Waals surface area contributed by atoms with Gasteiger partial charge in [0.25, 0.3) is 0 Å². The van der Waals surface area contributed by atoms with Gasteiger partial charge >= 0.3 is 5.69 Å². The molecule has 104 valence electrons. The third-order valence-corrected chi connectivity index (χ3v) is 3.35. The van der Waals surface area contributed by atoms with Gasteiger partial charge in [-0.3, -0.25) is 10.1 Å². The van der Waals surface area contributed by atoms with Crippen LogP contribution in [-0.2, 0) is 0 Å². The lowest BCUT2D eigenvalue weighted by molar-refractivity contribution is -0.384. The van der Waals surface area contributed by atoms with Gasteiger partial charge in [-0.1, -0.05) is 6.42 Å². The normalized spacial score (nSPS) is 17.9. The van der Waals surface area contributed by atoms with E-state index < -0.39 is 4.92 Å². The zero-order chi connectivity index (χ0) is 13.7. The number of anilines is 1. The first-order valence-corrected chi connectivity index (χ1v) is 6.75. The highest BCUT2D eigenvalue weighted by Gasteiger charge is 2.18. The lowest BCUT2D eigenvalue weighted by atomic mass is 10.1. The van der Waals surface area contributed by atoms with E-state index in [0.717, 1.165) is 19.6 Å². The average molecular weight is 264 g/mol. The summed E-state index contributed by atoms with van der Waals surface area (Å²) in [5.41, 5.74) is 0.0352. The average Bonchev–Trinajstić information content (AvgIpc) is 2.40. The van der Waals surface area contributed by atoms with E-state index in [9.17, 15) is 10.1 Å². The maximum atomic E-state index is 10.9. The zero-order valence-electron chi connectivity index (χ0n) is 11.2. The Morgan fingerprint density at radius 2 is 2.21 bits per heavy atom. The van der Waals surface area contributed by atoms with Crippen molar-refractivity contribution in [3.63, 3.8) is 0 Å². The second-order valence-corrected chi connectivity index (χ2v) is 5.03. The smallest absolute Gasteiger partial charge is 0.311 e. The molecule has 1 unspecified atom stereocenters. The van der Waals surface area contributed by atoms with Gasteiger partial charge in [-0.05, 0) is 38.9 Å². The molecule has 0 spiro atoms. The molecule has 2 rings (SSSR count). The Kier molecular flexibility index (Phi) is 4.68. The predicted octanol–water partition coefficient (Wildman–Crippen LogP) is 2.28. The van der Waals surface area contributed by atoms with Crippen LogP contribution in [0, 0.1) is 10.1 Å². The van der Waals surface area contributed by atoms with Crippen molar-refractivity contribution in [3.05, 3.63) is 28.4 Å². The highest BCUT2D eigenvalue weighted by molar-refractivity contribution is 5.55. The largest absolute Gasteiger partial charge is 0.361 e. The summed E-state index contributed by atoms with van der Waals surface area (Å²) in [6.45, 7) is 5.17. The molecule has 1 aromatic heterocycles. The van der Waals surface area contributed by atoms with Crippen molar-refractivity contribution >= 4 is 11.5 Å². The van der Waals surface area contributed by atoms with Gasteiger partial charge in [0.1, 0.15) is 0 Å². The summed E-state index contributed by atoms with van der Waals surface area (Å²) >= 11 is 0. The van der Waals surface area contributed by atoms with Gasteiger partial charge in [0.2, 0.25) is 5.82 Å². The number of rotatable bonds is 5. The van der Waals surface area contributed by atoms with Crippen LogP contribution in [0.5, 0.6) is 0 Å². The van der Waals surface area contributed by atoms with Crippen LogP contribution in [0.15, 0.2) is 18.3 Å². The van der Waals surface area contributed by atoms with E-state index in [1.54, 1.807) is 12.3 Å². The Hall–Kier alpha value is -1.69. The van der Waals surface area contributed by atoms with Crippen molar-refractivity contribution in [1.29, 1.82) is 0 Å². The van der Waals surface area contributed by atoms with Crippen molar-refractivity contribution in [2.75, 3.05) is 25.0 Å². The summed E-state index contributed by atoms with van der Waals surface area (Å²) in [5.74, 6) is 0.358. The monoisotopic (exact) mass is 264 g/mol. The molecule has 2 heterocycles. The molecule has 0 amide bonds. The Bertz CT molecular complexity index is 432. The topological polar surface area (TPSA) is 71.3 Å². The molecule has 1 fully saturated rings. The van der Waals surface area contributed by atoms with Crippen LogP contribution in [0.1, 0.15) is 26.2 Å². The molecular formula is C13H20N4O2. The Morgan fingerprint density at radius 1 is 1.47 bits per heavy atom. The van der Waals surface area contributed by atoms with E-state index in [1.165, 1.54) is 25.3 Å². The molecule has 1 atom stereocenters. The van der Waals surface area contributed by atoms with Gasteiger partial charge in [-0.25, -0.2) is 4.98 Å². The maximum Gasteiger partial charge on any atom is 0.311 e. The zero-order valence-corrected chi connectivity index (χ0v) is 11.2. The minimum Gasteiger partial charge on any atom is -0.361 e. The van der Waals surface area contributed by atoms with Gasteiger partial charge in [0.05, 0.1) is 4.92 Å². The molecule has 6 heteroatoms. The van der Waals surface area contributed by atoms with E-state index in [0.29, 0.717) is 5.82 Å². The first-order chi connectivity index (χ1) is 9.16. The van der Waals surface area contributed by atoms with Crippen LogP contribution in [0.25, 0.3) is 0 Å². The lowest BCUT2D eigenvalue weighted by Gasteiger charge is -2.29. The standard InChI is InChI=1S/C13H20N4O2/c1-11(10-16-8-3-2-4-9-16)15-13-12(17(18)19)6-5-7-14-13/h5-7,11H,2-4,8-10H2,1H3,(H,14,15). The molecule has 0 aromatic carbocycles. The van der Waals surface area contributed by atoms with Gasteiger partial charge in [-0.15, -0.1) is 0 Å². The van der Waals surface area contributed by atoms with E-state index in [2.05, 4.69) is 15.2 Å². The van der Waals surface area contributed by atoms with Crippen molar-refractivity contribution in [1.82, 2.24) is 9.88 Å². The molecule has 0 bridgehead atoms. The summed E-state index contributed by atoms with van der Waals surface area (Å²) in [7, 11) is 0. The quantitative estimate of drug-likeness (QED) is 0.652. The maximum absolute atomic E-state index is 10.9. The minimum atomic E-state index is -0.400. The van der Waals surface area contributed by atoms with Crippen LogP contribution in [-0.4, -0.2) is 40.5 Å². The number of hydrogen-bond donors (Lipinski definition) is 1. The number of nitrogens with zero attached hydrogens (tertiary/aromatic N) is 3. The van der Waals surface area contributed by atoms with E-state index in [4.69, 9.17) is 0 Å². The van der Waals surface area contributed by atoms with Gasteiger partial charge < -0.3 is 10.2 Å². The van der Waals surface area contributed by atoms with Crippen LogP contribution in [0.3, 0.4) is 0 Å². The molecule has 1 aliphatic rings.